The van der Waals surface area contributed by atoms with Crippen LogP contribution in [-0.2, 0) is 23.9 Å². The highest BCUT2D eigenvalue weighted by atomic mass is 35.5. The van der Waals surface area contributed by atoms with E-state index in [1.807, 2.05) is 13.8 Å². The van der Waals surface area contributed by atoms with Crippen LogP contribution < -0.4 is 16.0 Å². The number of piperidine rings is 2. The molecule has 4 aliphatic rings. The third kappa shape index (κ3) is 7.86. The Morgan fingerprint density at radius 3 is 2.59 bits per heavy atom. The van der Waals surface area contributed by atoms with Crippen LogP contribution >= 0.6 is 11.6 Å². The second-order valence-electron chi connectivity index (χ2n) is 12.2. The first kappa shape index (κ1) is 33.6. The molecule has 13 heteroatoms. The summed E-state index contributed by atoms with van der Waals surface area (Å²) in [5.74, 6) is -9.42. The zero-order valence-electron chi connectivity index (χ0n) is 25.1. The van der Waals surface area contributed by atoms with Crippen molar-refractivity contribution in [2.24, 2.45) is 17.8 Å². The van der Waals surface area contributed by atoms with E-state index in [2.05, 4.69) is 16.0 Å². The van der Waals surface area contributed by atoms with Gasteiger partial charge in [0.25, 0.3) is 5.92 Å². The second-order valence-corrected chi connectivity index (χ2v) is 12.6. The predicted molar refractivity (Wildman–Crippen MR) is 159 cm³/mol. The minimum Gasteiger partial charge on any atom is -0.461 e. The molecule has 0 spiro atoms. The molecular weight excluding hydrogens is 601 g/mol. The van der Waals surface area contributed by atoms with Crippen molar-refractivity contribution >= 4 is 41.0 Å². The molecule has 1 aromatic rings. The molecule has 3 saturated heterocycles. The minimum atomic E-state index is -3.21. The van der Waals surface area contributed by atoms with Gasteiger partial charge in [-0.3, -0.25) is 14.4 Å². The topological polar surface area (TPSA) is 117 Å². The Balaban J connectivity index is 1.65. The number of hydrogen-bond donors (Lipinski definition) is 3. The van der Waals surface area contributed by atoms with Crippen LogP contribution in [0.3, 0.4) is 0 Å². The summed E-state index contributed by atoms with van der Waals surface area (Å²) in [5.41, 5.74) is 0.569. The van der Waals surface area contributed by atoms with E-state index in [0.717, 1.165) is 6.08 Å². The quantitative estimate of drug-likeness (QED) is 0.227. The van der Waals surface area contributed by atoms with Gasteiger partial charge in [0.2, 0.25) is 23.5 Å². The third-order valence-corrected chi connectivity index (χ3v) is 8.71. The van der Waals surface area contributed by atoms with Gasteiger partial charge in [-0.15, -0.1) is 0 Å². The molecule has 0 unspecified atom stereocenters. The average molecular weight is 641 g/mol. The van der Waals surface area contributed by atoms with Gasteiger partial charge < -0.3 is 25.6 Å². The van der Waals surface area contributed by atoms with Crippen LogP contribution in [-0.4, -0.2) is 71.8 Å². The first-order chi connectivity index (χ1) is 20.8. The first-order valence-corrected chi connectivity index (χ1v) is 15.5. The molecule has 1 saturated carbocycles. The molecule has 44 heavy (non-hydrogen) atoms. The van der Waals surface area contributed by atoms with Crippen molar-refractivity contribution < 1.29 is 37.1 Å². The number of hydrogen-bond acceptors (Lipinski definition) is 6. The van der Waals surface area contributed by atoms with Crippen molar-refractivity contribution in [2.75, 3.05) is 18.5 Å². The molecule has 1 aromatic carbocycles. The maximum atomic E-state index is 15.3. The first-order valence-electron chi connectivity index (χ1n) is 15.1. The van der Waals surface area contributed by atoms with Crippen molar-refractivity contribution in [2.45, 2.75) is 89.4 Å². The van der Waals surface area contributed by atoms with E-state index >= 15 is 8.78 Å². The fourth-order valence-corrected chi connectivity index (χ4v) is 6.72. The van der Waals surface area contributed by atoms with Crippen LogP contribution in [0.15, 0.2) is 36.2 Å². The van der Waals surface area contributed by atoms with Crippen molar-refractivity contribution in [3.63, 3.8) is 0 Å². The number of esters is 1. The maximum absolute atomic E-state index is 15.3. The van der Waals surface area contributed by atoms with E-state index in [1.54, 1.807) is 24.3 Å². The number of carbonyl (C=O) groups is 4. The van der Waals surface area contributed by atoms with Crippen LogP contribution in [0.1, 0.15) is 59.3 Å². The Kier molecular flexibility index (Phi) is 10.9. The number of alkyl halides is 2. The molecule has 9 nitrogen and oxygen atoms in total. The summed E-state index contributed by atoms with van der Waals surface area (Å²) in [7, 11) is 0. The van der Waals surface area contributed by atoms with Crippen molar-refractivity contribution in [3.8, 4) is 0 Å². The molecular formula is C31H40ClF3N4O5. The summed E-state index contributed by atoms with van der Waals surface area (Å²) < 4.78 is 50.1. The van der Waals surface area contributed by atoms with E-state index in [1.165, 1.54) is 11.8 Å². The summed E-state index contributed by atoms with van der Waals surface area (Å²) in [6.07, 6.45) is 1.32. The lowest BCUT2D eigenvalue weighted by Gasteiger charge is -2.54. The van der Waals surface area contributed by atoms with E-state index in [4.69, 9.17) is 16.3 Å². The minimum absolute atomic E-state index is 0.0266. The van der Waals surface area contributed by atoms with Gasteiger partial charge >= 0.3 is 5.97 Å². The van der Waals surface area contributed by atoms with Crippen LogP contribution in [0.5, 0.6) is 0 Å². The molecule has 1 aliphatic carbocycles. The number of anilines is 1. The summed E-state index contributed by atoms with van der Waals surface area (Å²) in [4.78, 5) is 53.7. The summed E-state index contributed by atoms with van der Waals surface area (Å²) in [6.45, 7) is 5.67. The lowest BCUT2D eigenvalue weighted by molar-refractivity contribution is -0.194. The lowest BCUT2D eigenvalue weighted by Crippen LogP contribution is -2.70. The smallest absolute Gasteiger partial charge is 0.366 e. The lowest BCUT2D eigenvalue weighted by atomic mass is 9.71. The van der Waals surface area contributed by atoms with Crippen molar-refractivity contribution in [3.05, 3.63) is 41.2 Å². The van der Waals surface area contributed by atoms with Gasteiger partial charge in [-0.25, -0.2) is 13.6 Å². The highest BCUT2D eigenvalue weighted by molar-refractivity contribution is 6.30. The Labute approximate surface area is 260 Å². The molecule has 6 atom stereocenters. The molecule has 2 bridgehead atoms. The maximum Gasteiger partial charge on any atom is 0.366 e. The average Bonchev–Trinajstić information content (AvgIpc) is 3.35. The number of halogens is 4. The van der Waals surface area contributed by atoms with Crippen LogP contribution in [0, 0.1) is 17.8 Å². The highest BCUT2D eigenvalue weighted by Gasteiger charge is 2.61. The summed E-state index contributed by atoms with van der Waals surface area (Å²) in [6, 6.07) is 2.33. The van der Waals surface area contributed by atoms with Crippen LogP contribution in [0.2, 0.25) is 5.02 Å². The second kappa shape index (κ2) is 14.2. The Bertz CT molecular complexity index is 1280. The number of carbonyl (C=O) groups excluding carboxylic acids is 4. The van der Waals surface area contributed by atoms with Gasteiger partial charge in [-0.1, -0.05) is 31.5 Å². The molecule has 0 aromatic heterocycles. The molecule has 5 rings (SSSR count). The van der Waals surface area contributed by atoms with Gasteiger partial charge in [-0.05, 0) is 69.2 Å². The van der Waals surface area contributed by atoms with Crippen molar-refractivity contribution in [1.29, 1.82) is 0 Å². The van der Waals surface area contributed by atoms with Crippen LogP contribution in [0.4, 0.5) is 18.9 Å². The molecule has 3 N–H and O–H groups in total. The molecule has 242 valence electrons. The normalized spacial score (nSPS) is 25.8. The zero-order valence-corrected chi connectivity index (χ0v) is 25.8. The Morgan fingerprint density at radius 2 is 1.98 bits per heavy atom. The van der Waals surface area contributed by atoms with Crippen molar-refractivity contribution in [1.82, 2.24) is 15.5 Å². The number of nitrogens with zero attached hydrogens (tertiary/aromatic N) is 1. The van der Waals surface area contributed by atoms with E-state index < -0.39 is 72.0 Å². The molecule has 3 amide bonds. The summed E-state index contributed by atoms with van der Waals surface area (Å²) in [5, 5.41) is 8.90. The highest BCUT2D eigenvalue weighted by Crippen LogP contribution is 2.49. The van der Waals surface area contributed by atoms with Gasteiger partial charge in [-0.2, -0.15) is 4.39 Å². The Morgan fingerprint density at radius 1 is 1.23 bits per heavy atom. The largest absolute Gasteiger partial charge is 0.461 e. The van der Waals surface area contributed by atoms with Crippen LogP contribution in [0.25, 0.3) is 0 Å². The monoisotopic (exact) mass is 640 g/mol. The van der Waals surface area contributed by atoms with E-state index in [0.29, 0.717) is 36.5 Å². The number of rotatable bonds is 12. The number of amides is 3. The third-order valence-electron chi connectivity index (χ3n) is 8.48. The SMILES string of the molecule is CCOC(=O)/C(F)=C\[C@H](C[C@@H]1CCNC1=O)NC(=O)[C@@H]1[C@@H]2CC[C@@H](CC2(F)F)N1C(=O)[C@@H](CC(C)C)Nc1cccc(Cl)c1. The standard InChI is InChI=1S/C31H40ClF3N4O5/c1-4-44-30(43)24(33)15-21(13-18-10-11-36-27(18)40)38-28(41)26-23-9-8-22(16-31(23,34)35)39(26)29(42)25(12-17(2)3)37-20-7-5-6-19(32)14-20/h5-7,14-15,17-18,21-23,25-26,37H,4,8-13,16H2,1-3H3,(H,36,40)(H,38,41)/b24-15+/t18-,21-,22-,23-,25+,26-/m0/s1. The van der Waals surface area contributed by atoms with E-state index in [9.17, 15) is 23.6 Å². The zero-order chi connectivity index (χ0) is 32.2. The number of benzene rings is 1. The molecule has 3 aliphatic heterocycles. The fraction of sp³-hybridized carbons (Fsp3) is 0.613. The number of fused-ring (bicyclic) bond motifs is 3. The van der Waals surface area contributed by atoms with Gasteiger partial charge in [0, 0.05) is 35.6 Å². The number of ether oxygens (including phenoxy) is 1. The number of nitrogens with one attached hydrogen (secondary N) is 3. The Hall–Kier alpha value is -3.28. The van der Waals surface area contributed by atoms with Gasteiger partial charge in [0.1, 0.15) is 12.1 Å². The van der Waals surface area contributed by atoms with Gasteiger partial charge in [0.15, 0.2) is 0 Å². The fourth-order valence-electron chi connectivity index (χ4n) is 6.53. The molecule has 4 fully saturated rings. The van der Waals surface area contributed by atoms with Gasteiger partial charge in [0.05, 0.1) is 18.6 Å². The molecule has 3 heterocycles. The predicted octanol–water partition coefficient (Wildman–Crippen LogP) is 4.61. The summed E-state index contributed by atoms with van der Waals surface area (Å²) >= 11 is 6.14. The van der Waals surface area contributed by atoms with E-state index in [-0.39, 0.29) is 31.3 Å². The molecule has 0 radical (unpaired) electrons.